The predicted molar refractivity (Wildman–Crippen MR) is 64.2 cm³/mol. The lowest BCUT2D eigenvalue weighted by atomic mass is 10.1. The lowest BCUT2D eigenvalue weighted by Crippen LogP contribution is -2.18. The molecule has 0 N–H and O–H groups in total. The second-order valence-electron chi connectivity index (χ2n) is 3.30. The van der Waals surface area contributed by atoms with Crippen LogP contribution in [0.3, 0.4) is 0 Å². The van der Waals surface area contributed by atoms with Gasteiger partial charge in [0.2, 0.25) is 3.79 Å². The Bertz CT molecular complexity index is 494. The number of benzene rings is 1. The molecule has 1 aliphatic rings. The van der Waals surface area contributed by atoms with Gasteiger partial charge in [0.1, 0.15) is 0 Å². The van der Waals surface area contributed by atoms with Crippen molar-refractivity contribution in [3.63, 3.8) is 0 Å². The van der Waals surface area contributed by atoms with Crippen molar-refractivity contribution in [2.24, 2.45) is 4.99 Å². The van der Waals surface area contributed by atoms with Gasteiger partial charge >= 0.3 is 0 Å². The molecule has 1 aromatic carbocycles. The monoisotopic (exact) mass is 278 g/mol. The van der Waals surface area contributed by atoms with Gasteiger partial charge in [0.15, 0.2) is 0 Å². The van der Waals surface area contributed by atoms with Crippen molar-refractivity contribution in [3.8, 4) is 0 Å². The van der Waals surface area contributed by atoms with Crippen molar-refractivity contribution < 1.29 is 4.92 Å². The smallest absolute Gasteiger partial charge is 0.258 e. The van der Waals surface area contributed by atoms with E-state index in [9.17, 15) is 10.1 Å². The van der Waals surface area contributed by atoms with Crippen LogP contribution in [-0.4, -0.2) is 14.4 Å². The van der Waals surface area contributed by atoms with Gasteiger partial charge in [-0.2, -0.15) is 0 Å². The lowest BCUT2D eigenvalue weighted by molar-refractivity contribution is -0.384. The summed E-state index contributed by atoms with van der Waals surface area (Å²) in [4.78, 5) is 14.2. The summed E-state index contributed by atoms with van der Waals surface area (Å²) < 4.78 is -1.56. The zero-order valence-corrected chi connectivity index (χ0v) is 10.1. The van der Waals surface area contributed by atoms with Crippen LogP contribution in [0.2, 0.25) is 0 Å². The Morgan fingerprint density at radius 2 is 2.06 bits per heavy atom. The van der Waals surface area contributed by atoms with E-state index < -0.39 is 8.72 Å². The fourth-order valence-corrected chi connectivity index (χ4v) is 1.79. The van der Waals surface area contributed by atoms with E-state index in [4.69, 9.17) is 34.8 Å². The summed E-state index contributed by atoms with van der Waals surface area (Å²) in [5.41, 5.74) is 1.72. The number of halogens is 3. The highest BCUT2D eigenvalue weighted by atomic mass is 35.6. The van der Waals surface area contributed by atoms with E-state index in [-0.39, 0.29) is 5.69 Å². The number of hydrogen-bond donors (Lipinski definition) is 0. The summed E-state index contributed by atoms with van der Waals surface area (Å²) in [6, 6.07) is 4.38. The Morgan fingerprint density at radius 1 is 1.38 bits per heavy atom. The Labute approximate surface area is 106 Å². The number of rotatable bonds is 1. The van der Waals surface area contributed by atoms with Gasteiger partial charge in [0.05, 0.1) is 16.3 Å². The standard InChI is InChI=1S/C9H5Cl3N2O2/c10-9(11,12)8-4-5-3-6(14(15)16)1-2-7(5)13-8/h1-3H,4H2. The molecule has 0 bridgehead atoms. The maximum Gasteiger partial charge on any atom is 0.269 e. The van der Waals surface area contributed by atoms with Crippen molar-refractivity contribution in [2.45, 2.75) is 10.2 Å². The molecule has 4 nitrogen and oxygen atoms in total. The molecule has 0 fully saturated rings. The number of nitrogens with zero attached hydrogens (tertiary/aromatic N) is 2. The number of alkyl halides is 3. The first-order valence-electron chi connectivity index (χ1n) is 4.30. The van der Waals surface area contributed by atoms with E-state index in [0.717, 1.165) is 0 Å². The SMILES string of the molecule is O=[N+]([O-])c1ccc2c(c1)CC(C(Cl)(Cl)Cl)=N2. The molecule has 0 amide bonds. The number of nitro benzene ring substituents is 1. The maximum absolute atomic E-state index is 10.6. The predicted octanol–water partition coefficient (Wildman–Crippen LogP) is 3.59. The summed E-state index contributed by atoms with van der Waals surface area (Å²) in [6.45, 7) is 0. The Balaban J connectivity index is 2.36. The normalized spacial score (nSPS) is 14.6. The van der Waals surface area contributed by atoms with E-state index >= 15 is 0 Å². The Hall–Kier alpha value is -0.840. The first-order valence-corrected chi connectivity index (χ1v) is 5.43. The number of nitro groups is 1. The van der Waals surface area contributed by atoms with Gasteiger partial charge < -0.3 is 0 Å². The average molecular weight is 280 g/mol. The second kappa shape index (κ2) is 3.87. The number of non-ortho nitro benzene ring substituents is 1. The molecule has 2 rings (SSSR count). The highest BCUT2D eigenvalue weighted by Crippen LogP contribution is 2.38. The molecule has 1 aliphatic heterocycles. The third-order valence-electron chi connectivity index (χ3n) is 2.21. The van der Waals surface area contributed by atoms with Crippen LogP contribution in [0, 0.1) is 10.1 Å². The van der Waals surface area contributed by atoms with Gasteiger partial charge in [-0.15, -0.1) is 0 Å². The quantitative estimate of drug-likeness (QED) is 0.448. The van der Waals surface area contributed by atoms with Crippen LogP contribution < -0.4 is 0 Å². The van der Waals surface area contributed by atoms with Crippen LogP contribution in [0.1, 0.15) is 5.56 Å². The molecule has 0 aromatic heterocycles. The number of hydrogen-bond acceptors (Lipinski definition) is 3. The van der Waals surface area contributed by atoms with Crippen molar-refractivity contribution >= 4 is 51.9 Å². The van der Waals surface area contributed by atoms with Gasteiger partial charge in [0.25, 0.3) is 5.69 Å². The van der Waals surface area contributed by atoms with Crippen LogP contribution in [0.25, 0.3) is 0 Å². The van der Waals surface area contributed by atoms with E-state index in [1.54, 1.807) is 6.07 Å². The number of fused-ring (bicyclic) bond motifs is 1. The molecule has 1 aromatic rings. The second-order valence-corrected chi connectivity index (χ2v) is 5.58. The van der Waals surface area contributed by atoms with Gasteiger partial charge in [-0.3, -0.25) is 15.1 Å². The minimum absolute atomic E-state index is 0.0134. The van der Waals surface area contributed by atoms with Crippen molar-refractivity contribution in [2.75, 3.05) is 0 Å². The largest absolute Gasteiger partial charge is 0.269 e. The average Bonchev–Trinajstić information content (AvgIpc) is 2.58. The molecule has 7 heteroatoms. The molecule has 0 unspecified atom stereocenters. The molecule has 0 aliphatic carbocycles. The zero-order chi connectivity index (χ0) is 11.9. The van der Waals surface area contributed by atoms with Crippen molar-refractivity contribution in [1.82, 2.24) is 0 Å². The lowest BCUT2D eigenvalue weighted by Gasteiger charge is -2.08. The molecule has 0 saturated carbocycles. The van der Waals surface area contributed by atoms with Crippen molar-refractivity contribution in [3.05, 3.63) is 33.9 Å². The summed E-state index contributed by atoms with van der Waals surface area (Å²) in [7, 11) is 0. The van der Waals surface area contributed by atoms with E-state index in [2.05, 4.69) is 4.99 Å². The minimum Gasteiger partial charge on any atom is -0.258 e. The molecular formula is C9H5Cl3N2O2. The van der Waals surface area contributed by atoms with Gasteiger partial charge in [-0.25, -0.2) is 0 Å². The molecular weight excluding hydrogens is 274 g/mol. The van der Waals surface area contributed by atoms with E-state index in [1.807, 2.05) is 0 Å². The fraction of sp³-hybridized carbons (Fsp3) is 0.222. The van der Waals surface area contributed by atoms with Gasteiger partial charge in [-0.05, 0) is 11.6 Å². The third-order valence-corrected chi connectivity index (χ3v) is 2.87. The molecule has 0 saturated heterocycles. The van der Waals surface area contributed by atoms with Crippen LogP contribution >= 0.6 is 34.8 Å². The van der Waals surface area contributed by atoms with Gasteiger partial charge in [-0.1, -0.05) is 34.8 Å². The fourth-order valence-electron chi connectivity index (χ4n) is 1.47. The van der Waals surface area contributed by atoms with E-state index in [1.165, 1.54) is 12.1 Å². The minimum atomic E-state index is -1.56. The summed E-state index contributed by atoms with van der Waals surface area (Å²) >= 11 is 17.1. The molecule has 0 radical (unpaired) electrons. The zero-order valence-electron chi connectivity index (χ0n) is 7.78. The molecule has 0 spiro atoms. The molecule has 1 heterocycles. The molecule has 84 valence electrons. The first kappa shape index (κ1) is 11.6. The molecule has 0 atom stereocenters. The summed E-state index contributed by atoms with van der Waals surface area (Å²) in [5.74, 6) is 0. The van der Waals surface area contributed by atoms with Crippen LogP contribution in [-0.2, 0) is 6.42 Å². The van der Waals surface area contributed by atoms with Crippen LogP contribution in [0.5, 0.6) is 0 Å². The summed E-state index contributed by atoms with van der Waals surface area (Å²) in [6.07, 6.45) is 0.327. The topological polar surface area (TPSA) is 55.5 Å². The Morgan fingerprint density at radius 3 is 2.62 bits per heavy atom. The van der Waals surface area contributed by atoms with Crippen LogP contribution in [0.15, 0.2) is 23.2 Å². The third kappa shape index (κ3) is 2.14. The Kier molecular flexibility index (Phi) is 2.82. The first-order chi connectivity index (χ1) is 7.38. The molecule has 16 heavy (non-hydrogen) atoms. The highest BCUT2D eigenvalue weighted by molar-refractivity contribution is 6.77. The van der Waals surface area contributed by atoms with Crippen molar-refractivity contribution in [1.29, 1.82) is 0 Å². The summed E-state index contributed by atoms with van der Waals surface area (Å²) in [5, 5.41) is 10.6. The van der Waals surface area contributed by atoms with Gasteiger partial charge in [0, 0.05) is 18.6 Å². The number of aliphatic imine (C=N–C) groups is 1. The van der Waals surface area contributed by atoms with Crippen LogP contribution in [0.4, 0.5) is 11.4 Å². The highest BCUT2D eigenvalue weighted by Gasteiger charge is 2.32. The van der Waals surface area contributed by atoms with E-state index in [0.29, 0.717) is 23.4 Å². The maximum atomic E-state index is 10.6.